The van der Waals surface area contributed by atoms with Gasteiger partial charge in [0, 0.05) is 5.92 Å². The van der Waals surface area contributed by atoms with Crippen molar-refractivity contribution in [2.24, 2.45) is 11.3 Å². The summed E-state index contributed by atoms with van der Waals surface area (Å²) >= 11 is 0. The molecule has 2 aliphatic rings. The van der Waals surface area contributed by atoms with Crippen LogP contribution in [0.3, 0.4) is 0 Å². The van der Waals surface area contributed by atoms with Gasteiger partial charge in [-0.3, -0.25) is 0 Å². The van der Waals surface area contributed by atoms with E-state index < -0.39 is 17.7 Å². The molecule has 0 fully saturated rings. The van der Waals surface area contributed by atoms with Crippen LogP contribution in [-0.2, 0) is 9.53 Å². The van der Waals surface area contributed by atoms with Crippen molar-refractivity contribution in [2.75, 3.05) is 6.61 Å². The van der Waals surface area contributed by atoms with Crippen LogP contribution in [-0.4, -0.2) is 34.2 Å². The number of carbonyl (C=O) groups is 1. The molecule has 2 rings (SSSR count). The summed E-state index contributed by atoms with van der Waals surface area (Å²) < 4.78 is 4.96. The Morgan fingerprint density at radius 3 is 2.94 bits per heavy atom. The number of carboxylic acids is 1. The number of carboxylic acid groups (broad SMARTS) is 1. The summed E-state index contributed by atoms with van der Waals surface area (Å²) in [6, 6.07) is 0. The largest absolute Gasteiger partial charge is 0.478 e. The molecule has 1 heterocycles. The van der Waals surface area contributed by atoms with E-state index in [1.54, 1.807) is 13.0 Å². The Balaban J connectivity index is 2.42. The lowest BCUT2D eigenvalue weighted by Crippen LogP contribution is -2.44. The van der Waals surface area contributed by atoms with Crippen molar-refractivity contribution in [3.63, 3.8) is 0 Å². The number of ether oxygens (including phenoxy) is 1. The molecule has 0 saturated heterocycles. The van der Waals surface area contributed by atoms with Crippen molar-refractivity contribution in [3.05, 3.63) is 23.5 Å². The second-order valence-corrected chi connectivity index (χ2v) is 4.33. The molecule has 1 aliphatic carbocycles. The van der Waals surface area contributed by atoms with E-state index in [9.17, 15) is 15.0 Å². The van der Waals surface area contributed by atoms with Crippen LogP contribution in [0.25, 0.3) is 0 Å². The zero-order chi connectivity index (χ0) is 11.9. The lowest BCUT2D eigenvalue weighted by molar-refractivity contribution is -0.155. The summed E-state index contributed by atoms with van der Waals surface area (Å²) in [7, 11) is 0. The van der Waals surface area contributed by atoms with E-state index in [1.165, 1.54) is 0 Å². The Morgan fingerprint density at radius 2 is 2.38 bits per heavy atom. The maximum absolute atomic E-state index is 11.0. The van der Waals surface area contributed by atoms with E-state index in [0.717, 1.165) is 6.26 Å². The van der Waals surface area contributed by atoms with Gasteiger partial charge in [0.15, 0.2) is 0 Å². The third-order valence-electron chi connectivity index (χ3n) is 3.65. The molecule has 88 valence electrons. The number of allylic oxidation sites excluding steroid dienone is 1. The fourth-order valence-corrected chi connectivity index (χ4v) is 2.52. The second-order valence-electron chi connectivity index (χ2n) is 4.33. The highest BCUT2D eigenvalue weighted by atomic mass is 16.6. The molecule has 5 nitrogen and oxygen atoms in total. The van der Waals surface area contributed by atoms with Crippen molar-refractivity contribution in [2.45, 2.75) is 19.6 Å². The average molecular weight is 226 g/mol. The minimum absolute atomic E-state index is 0.146. The van der Waals surface area contributed by atoms with E-state index in [0.29, 0.717) is 12.0 Å². The van der Waals surface area contributed by atoms with E-state index in [1.807, 2.05) is 0 Å². The molecule has 0 saturated carbocycles. The Bertz CT molecular complexity index is 384. The van der Waals surface area contributed by atoms with Gasteiger partial charge in [-0.1, -0.05) is 6.08 Å². The number of aliphatic hydroxyl groups is 2. The van der Waals surface area contributed by atoms with E-state index in [4.69, 9.17) is 9.84 Å². The molecule has 1 aliphatic heterocycles. The second kappa shape index (κ2) is 3.61. The molecule has 3 atom stereocenters. The average Bonchev–Trinajstić information content (AvgIpc) is 2.57. The monoisotopic (exact) mass is 226 g/mol. The molecule has 0 aromatic carbocycles. The van der Waals surface area contributed by atoms with Crippen molar-refractivity contribution in [1.82, 2.24) is 0 Å². The Kier molecular flexibility index (Phi) is 2.52. The highest BCUT2D eigenvalue weighted by Gasteiger charge is 2.52. The summed E-state index contributed by atoms with van der Waals surface area (Å²) in [5, 5.41) is 28.1. The fourth-order valence-electron chi connectivity index (χ4n) is 2.52. The highest BCUT2D eigenvalue weighted by molar-refractivity contribution is 5.87. The van der Waals surface area contributed by atoms with Gasteiger partial charge < -0.3 is 20.1 Å². The normalized spacial score (nSPS) is 37.2. The molecule has 1 unspecified atom stereocenters. The maximum Gasteiger partial charge on any atom is 0.335 e. The van der Waals surface area contributed by atoms with Gasteiger partial charge >= 0.3 is 5.97 Å². The van der Waals surface area contributed by atoms with Crippen LogP contribution in [0, 0.1) is 11.3 Å². The van der Waals surface area contributed by atoms with Crippen molar-refractivity contribution >= 4 is 5.97 Å². The number of hydrogen-bond donors (Lipinski definition) is 3. The SMILES string of the molecule is CC12C(CO)=CC[C@@H]1C(C(=O)O)=CO[C@H]2O. The summed E-state index contributed by atoms with van der Waals surface area (Å²) in [4.78, 5) is 11.0. The van der Waals surface area contributed by atoms with Crippen LogP contribution in [0.2, 0.25) is 0 Å². The molecule has 3 N–H and O–H groups in total. The summed E-state index contributed by atoms with van der Waals surface area (Å²) in [6.07, 6.45) is 2.28. The Morgan fingerprint density at radius 1 is 1.69 bits per heavy atom. The molecule has 0 amide bonds. The van der Waals surface area contributed by atoms with Crippen LogP contribution >= 0.6 is 0 Å². The number of hydrogen-bond acceptors (Lipinski definition) is 4. The highest BCUT2D eigenvalue weighted by Crippen LogP contribution is 2.51. The number of rotatable bonds is 2. The van der Waals surface area contributed by atoms with Gasteiger partial charge in [-0.15, -0.1) is 0 Å². The predicted octanol–water partition coefficient (Wildman–Crippen LogP) is 0.248. The molecular formula is C11H14O5. The Hall–Kier alpha value is -1.33. The first-order valence-electron chi connectivity index (χ1n) is 5.09. The van der Waals surface area contributed by atoms with E-state index >= 15 is 0 Å². The minimum Gasteiger partial charge on any atom is -0.478 e. The van der Waals surface area contributed by atoms with Gasteiger partial charge in [0.1, 0.15) is 0 Å². The Labute approximate surface area is 92.7 Å². The molecule has 0 bridgehead atoms. The summed E-state index contributed by atoms with van der Waals surface area (Å²) in [6.45, 7) is 1.52. The van der Waals surface area contributed by atoms with Gasteiger partial charge in [-0.2, -0.15) is 0 Å². The zero-order valence-corrected chi connectivity index (χ0v) is 8.88. The van der Waals surface area contributed by atoms with Crippen LogP contribution in [0.15, 0.2) is 23.5 Å². The molecule has 0 spiro atoms. The van der Waals surface area contributed by atoms with Gasteiger partial charge in [0.05, 0.1) is 23.9 Å². The summed E-state index contributed by atoms with van der Waals surface area (Å²) in [5.74, 6) is -1.38. The van der Waals surface area contributed by atoms with Crippen molar-refractivity contribution < 1.29 is 24.9 Å². The quantitative estimate of drug-likeness (QED) is 0.587. The maximum atomic E-state index is 11.0. The van der Waals surface area contributed by atoms with Crippen molar-refractivity contribution in [3.8, 4) is 0 Å². The first-order chi connectivity index (χ1) is 7.51. The molecule has 16 heavy (non-hydrogen) atoms. The minimum atomic E-state index is -1.11. The topological polar surface area (TPSA) is 87.0 Å². The van der Waals surface area contributed by atoms with E-state index in [2.05, 4.69) is 0 Å². The van der Waals surface area contributed by atoms with Gasteiger partial charge in [0.2, 0.25) is 6.29 Å². The van der Waals surface area contributed by atoms with Gasteiger partial charge in [0.25, 0.3) is 0 Å². The number of aliphatic hydroxyl groups excluding tert-OH is 2. The van der Waals surface area contributed by atoms with Crippen LogP contribution in [0.1, 0.15) is 13.3 Å². The third-order valence-corrected chi connectivity index (χ3v) is 3.65. The van der Waals surface area contributed by atoms with Crippen LogP contribution in [0.4, 0.5) is 0 Å². The fraction of sp³-hybridized carbons (Fsp3) is 0.545. The molecular weight excluding hydrogens is 212 g/mol. The summed E-state index contributed by atoms with van der Waals surface area (Å²) in [5.41, 5.74) is -0.0543. The number of aliphatic carboxylic acids is 1. The van der Waals surface area contributed by atoms with Crippen LogP contribution < -0.4 is 0 Å². The van der Waals surface area contributed by atoms with E-state index in [-0.39, 0.29) is 18.1 Å². The van der Waals surface area contributed by atoms with Gasteiger partial charge in [-0.25, -0.2) is 4.79 Å². The first kappa shape index (κ1) is 11.2. The van der Waals surface area contributed by atoms with Crippen LogP contribution in [0.5, 0.6) is 0 Å². The molecule has 0 aromatic heterocycles. The molecule has 0 aromatic rings. The standard InChI is InChI=1S/C11H14O5/c1-11-6(4-12)2-3-8(11)7(9(13)14)5-16-10(11)15/h2,5,8,10,12,15H,3-4H2,1H3,(H,13,14)/t8-,10-,11?/m1/s1. The molecule has 0 radical (unpaired) electrons. The lowest BCUT2D eigenvalue weighted by atomic mass is 9.70. The number of fused-ring (bicyclic) bond motifs is 1. The predicted molar refractivity (Wildman–Crippen MR) is 54.2 cm³/mol. The lowest BCUT2D eigenvalue weighted by Gasteiger charge is -2.40. The van der Waals surface area contributed by atoms with Gasteiger partial charge in [-0.05, 0) is 18.9 Å². The molecule has 5 heteroatoms. The zero-order valence-electron chi connectivity index (χ0n) is 8.88. The van der Waals surface area contributed by atoms with Crippen molar-refractivity contribution in [1.29, 1.82) is 0 Å². The smallest absolute Gasteiger partial charge is 0.335 e. The third kappa shape index (κ3) is 1.28. The first-order valence-corrected chi connectivity index (χ1v) is 5.09.